The fraction of sp³-hybridized carbons (Fsp3) is 0.385. The first-order chi connectivity index (χ1) is 9.79. The van der Waals surface area contributed by atoms with Crippen LogP contribution in [0.3, 0.4) is 0 Å². The summed E-state index contributed by atoms with van der Waals surface area (Å²) < 4.78 is 28.2. The lowest BCUT2D eigenvalue weighted by Crippen LogP contribution is -2.20. The Balaban J connectivity index is 2.18. The minimum atomic E-state index is -3.70. The van der Waals surface area contributed by atoms with Gasteiger partial charge in [-0.25, -0.2) is 0 Å². The zero-order chi connectivity index (χ0) is 15.6. The first-order valence-electron chi connectivity index (χ1n) is 6.37. The maximum atomic E-state index is 12.2. The molecule has 1 aliphatic rings. The molecule has 0 saturated carbocycles. The zero-order valence-corrected chi connectivity index (χ0v) is 13.3. The number of amidine groups is 1. The van der Waals surface area contributed by atoms with Gasteiger partial charge in [0.15, 0.2) is 5.17 Å². The zero-order valence-electron chi connectivity index (χ0n) is 11.7. The lowest BCUT2D eigenvalue weighted by molar-refractivity contribution is -0.137. The molecular weight excluding hydrogens is 312 g/mol. The van der Waals surface area contributed by atoms with Gasteiger partial charge < -0.3 is 10.4 Å². The summed E-state index contributed by atoms with van der Waals surface area (Å²) in [5, 5.41) is 11.9. The molecule has 1 aromatic rings. The SMILES string of the molecule is Cc1cc(C)c2c(c1)NC(SCCCC(=O)O)=NS2(=O)=O. The molecule has 0 saturated heterocycles. The van der Waals surface area contributed by atoms with Crippen LogP contribution in [0.1, 0.15) is 24.0 Å². The van der Waals surface area contributed by atoms with Gasteiger partial charge in [0.25, 0.3) is 10.0 Å². The largest absolute Gasteiger partial charge is 0.481 e. The minimum Gasteiger partial charge on any atom is -0.481 e. The van der Waals surface area contributed by atoms with E-state index in [0.717, 1.165) is 5.56 Å². The highest BCUT2D eigenvalue weighted by Gasteiger charge is 2.27. The van der Waals surface area contributed by atoms with Gasteiger partial charge in [0.05, 0.1) is 5.69 Å². The van der Waals surface area contributed by atoms with Crippen molar-refractivity contribution in [2.24, 2.45) is 4.40 Å². The summed E-state index contributed by atoms with van der Waals surface area (Å²) >= 11 is 1.21. The number of fused-ring (bicyclic) bond motifs is 1. The number of rotatable bonds is 4. The van der Waals surface area contributed by atoms with E-state index >= 15 is 0 Å². The number of hydrogen-bond acceptors (Lipinski definition) is 5. The number of nitrogens with one attached hydrogen (secondary N) is 1. The highest BCUT2D eigenvalue weighted by Crippen LogP contribution is 2.33. The summed E-state index contributed by atoms with van der Waals surface area (Å²) in [5.41, 5.74) is 2.16. The molecule has 0 aliphatic carbocycles. The predicted octanol–water partition coefficient (Wildman–Crippen LogP) is 2.37. The maximum absolute atomic E-state index is 12.2. The molecule has 0 amide bonds. The Morgan fingerprint density at radius 3 is 2.76 bits per heavy atom. The molecule has 0 spiro atoms. The van der Waals surface area contributed by atoms with Gasteiger partial charge in [0, 0.05) is 12.2 Å². The van der Waals surface area contributed by atoms with Crippen molar-refractivity contribution in [3.63, 3.8) is 0 Å². The number of sulfonamides is 1. The van der Waals surface area contributed by atoms with Crippen LogP contribution < -0.4 is 5.32 Å². The fourth-order valence-corrected chi connectivity index (χ4v) is 4.52. The van der Waals surface area contributed by atoms with Crippen LogP contribution in [0.25, 0.3) is 0 Å². The monoisotopic (exact) mass is 328 g/mol. The molecule has 6 nitrogen and oxygen atoms in total. The molecule has 0 unspecified atom stereocenters. The second-order valence-corrected chi connectivity index (χ2v) is 7.43. The van der Waals surface area contributed by atoms with Crippen LogP contribution in [0, 0.1) is 13.8 Å². The van der Waals surface area contributed by atoms with E-state index < -0.39 is 16.0 Å². The molecule has 0 fully saturated rings. The molecule has 0 radical (unpaired) electrons. The number of benzene rings is 1. The van der Waals surface area contributed by atoms with Crippen LogP contribution in [0.15, 0.2) is 21.4 Å². The van der Waals surface area contributed by atoms with Crippen molar-refractivity contribution in [1.82, 2.24) is 0 Å². The smallest absolute Gasteiger partial charge is 0.303 e. The number of hydrogen-bond donors (Lipinski definition) is 2. The first kappa shape index (κ1) is 15.8. The molecule has 2 rings (SSSR count). The van der Waals surface area contributed by atoms with Gasteiger partial charge in [-0.2, -0.15) is 8.42 Å². The Morgan fingerprint density at radius 2 is 2.10 bits per heavy atom. The van der Waals surface area contributed by atoms with E-state index in [1.807, 2.05) is 6.92 Å². The number of nitrogens with zero attached hydrogens (tertiary/aromatic N) is 1. The molecule has 114 valence electrons. The summed E-state index contributed by atoms with van der Waals surface area (Å²) in [6.45, 7) is 3.64. The van der Waals surface area contributed by atoms with Crippen molar-refractivity contribution >= 4 is 38.6 Å². The lowest BCUT2D eigenvalue weighted by atomic mass is 10.1. The van der Waals surface area contributed by atoms with E-state index in [1.165, 1.54) is 11.8 Å². The van der Waals surface area contributed by atoms with Gasteiger partial charge in [-0.05, 0) is 37.5 Å². The van der Waals surface area contributed by atoms with Gasteiger partial charge in [-0.15, -0.1) is 4.40 Å². The van der Waals surface area contributed by atoms with E-state index in [1.54, 1.807) is 19.1 Å². The molecule has 2 N–H and O–H groups in total. The molecule has 1 aliphatic heterocycles. The van der Waals surface area contributed by atoms with Crippen molar-refractivity contribution in [1.29, 1.82) is 0 Å². The van der Waals surface area contributed by atoms with Crippen molar-refractivity contribution in [2.45, 2.75) is 31.6 Å². The highest BCUT2D eigenvalue weighted by atomic mass is 32.2. The molecule has 0 bridgehead atoms. The molecule has 21 heavy (non-hydrogen) atoms. The Kier molecular flexibility index (Phi) is 4.58. The fourth-order valence-electron chi connectivity index (χ4n) is 2.14. The predicted molar refractivity (Wildman–Crippen MR) is 83.5 cm³/mol. The summed E-state index contributed by atoms with van der Waals surface area (Å²) in [7, 11) is -3.70. The summed E-state index contributed by atoms with van der Waals surface area (Å²) in [6.07, 6.45) is 0.516. The third-order valence-electron chi connectivity index (χ3n) is 2.90. The Morgan fingerprint density at radius 1 is 1.38 bits per heavy atom. The van der Waals surface area contributed by atoms with Crippen molar-refractivity contribution < 1.29 is 18.3 Å². The number of anilines is 1. The van der Waals surface area contributed by atoms with E-state index in [4.69, 9.17) is 5.11 Å². The van der Waals surface area contributed by atoms with Gasteiger partial charge in [-0.3, -0.25) is 4.79 Å². The Labute approximate surface area is 127 Å². The first-order valence-corrected chi connectivity index (χ1v) is 8.80. The van der Waals surface area contributed by atoms with E-state index in [2.05, 4.69) is 9.71 Å². The van der Waals surface area contributed by atoms with Crippen LogP contribution in [0.4, 0.5) is 5.69 Å². The number of carboxylic acids is 1. The summed E-state index contributed by atoms with van der Waals surface area (Å²) in [5.74, 6) is -0.369. The van der Waals surface area contributed by atoms with Crippen molar-refractivity contribution in [2.75, 3.05) is 11.1 Å². The summed E-state index contributed by atoms with van der Waals surface area (Å²) in [6, 6.07) is 3.57. The molecule has 0 aromatic heterocycles. The molecule has 1 heterocycles. The van der Waals surface area contributed by atoms with E-state index in [-0.39, 0.29) is 16.5 Å². The van der Waals surface area contributed by atoms with Gasteiger partial charge >= 0.3 is 5.97 Å². The number of thioether (sulfide) groups is 1. The van der Waals surface area contributed by atoms with Crippen LogP contribution >= 0.6 is 11.8 Å². The number of carboxylic acid groups (broad SMARTS) is 1. The standard InChI is InChI=1S/C13H16N2O4S2/c1-8-6-9(2)12-10(7-8)14-13(15-21(12,18)19)20-5-3-4-11(16)17/h6-7H,3-5H2,1-2H3,(H,14,15)(H,16,17). The van der Waals surface area contributed by atoms with Crippen molar-refractivity contribution in [3.8, 4) is 0 Å². The topological polar surface area (TPSA) is 95.8 Å². The number of aryl methyl sites for hydroxylation is 2. The average Bonchev–Trinajstić information content (AvgIpc) is 2.31. The average molecular weight is 328 g/mol. The van der Waals surface area contributed by atoms with Crippen LogP contribution in [0.2, 0.25) is 0 Å². The second-order valence-electron chi connectivity index (χ2n) is 4.80. The van der Waals surface area contributed by atoms with Gasteiger partial charge in [-0.1, -0.05) is 17.8 Å². The maximum Gasteiger partial charge on any atom is 0.303 e. The second kappa shape index (κ2) is 6.07. The third kappa shape index (κ3) is 3.76. The molecule has 1 aromatic carbocycles. The van der Waals surface area contributed by atoms with E-state index in [0.29, 0.717) is 23.4 Å². The Bertz CT molecular complexity index is 711. The van der Waals surface area contributed by atoms with Crippen LogP contribution in [-0.2, 0) is 14.8 Å². The highest BCUT2D eigenvalue weighted by molar-refractivity contribution is 8.14. The quantitative estimate of drug-likeness (QED) is 0.824. The lowest BCUT2D eigenvalue weighted by Gasteiger charge is -2.19. The number of aliphatic carboxylic acids is 1. The van der Waals surface area contributed by atoms with E-state index in [9.17, 15) is 13.2 Å². The van der Waals surface area contributed by atoms with Crippen molar-refractivity contribution in [3.05, 3.63) is 23.3 Å². The third-order valence-corrected chi connectivity index (χ3v) is 5.45. The number of carbonyl (C=O) groups is 1. The normalized spacial score (nSPS) is 15.8. The van der Waals surface area contributed by atoms with Gasteiger partial charge in [0.2, 0.25) is 0 Å². The summed E-state index contributed by atoms with van der Waals surface area (Å²) in [4.78, 5) is 10.7. The molecular formula is C13H16N2O4S2. The van der Waals surface area contributed by atoms with Gasteiger partial charge in [0.1, 0.15) is 4.90 Å². The minimum absolute atomic E-state index is 0.0574. The molecule has 8 heteroatoms. The molecule has 0 atom stereocenters. The van der Waals surface area contributed by atoms with Crippen LogP contribution in [-0.4, -0.2) is 30.4 Å². The Hall–Kier alpha value is -1.54. The van der Waals surface area contributed by atoms with Crippen LogP contribution in [0.5, 0.6) is 0 Å².